The van der Waals surface area contributed by atoms with Crippen molar-refractivity contribution in [3.63, 3.8) is 0 Å². The van der Waals surface area contributed by atoms with Crippen LogP contribution < -0.4 is 0 Å². The van der Waals surface area contributed by atoms with Gasteiger partial charge in [0.25, 0.3) is 0 Å². The van der Waals surface area contributed by atoms with E-state index in [1.54, 1.807) is 6.07 Å². The van der Waals surface area contributed by atoms with Crippen molar-refractivity contribution in [3.05, 3.63) is 34.6 Å². The van der Waals surface area contributed by atoms with Gasteiger partial charge >= 0.3 is 0 Å². The highest BCUT2D eigenvalue weighted by molar-refractivity contribution is 6.30. The number of carbonyl (C=O) groups excluding carboxylic acids is 1. The van der Waals surface area contributed by atoms with Crippen LogP contribution in [0.15, 0.2) is 18.2 Å². The van der Waals surface area contributed by atoms with E-state index in [-0.39, 0.29) is 34.5 Å². The molecule has 0 N–H and O–H groups in total. The molecule has 0 aliphatic carbocycles. The highest BCUT2D eigenvalue weighted by atomic mass is 35.5. The van der Waals surface area contributed by atoms with E-state index in [2.05, 4.69) is 0 Å². The van der Waals surface area contributed by atoms with Crippen molar-refractivity contribution in [1.82, 2.24) is 0 Å². The summed E-state index contributed by atoms with van der Waals surface area (Å²) in [5.74, 6) is -2.59. The number of Topliss-reactive ketones (excluding diaryl/α,β-unsaturated/α-hetero) is 1. The second-order valence-corrected chi connectivity index (χ2v) is 5.95. The summed E-state index contributed by atoms with van der Waals surface area (Å²) in [6, 6.07) is 6.28. The lowest BCUT2D eigenvalue weighted by Gasteiger charge is -2.20. The van der Waals surface area contributed by atoms with Crippen molar-refractivity contribution in [3.8, 4) is 6.07 Å². The average Bonchev–Trinajstić information content (AvgIpc) is 2.68. The minimum absolute atomic E-state index is 0.00871. The first-order chi connectivity index (χ1) is 9.88. The van der Waals surface area contributed by atoms with E-state index in [1.807, 2.05) is 26.8 Å². The topological polar surface area (TPSA) is 50.1 Å². The van der Waals surface area contributed by atoms with Crippen molar-refractivity contribution in [2.24, 2.45) is 11.8 Å². The summed E-state index contributed by atoms with van der Waals surface area (Å²) < 4.78 is 19.7. The number of hydrogen-bond acceptors (Lipinski definition) is 3. The lowest BCUT2D eigenvalue weighted by Crippen LogP contribution is -2.31. The van der Waals surface area contributed by atoms with E-state index in [0.717, 1.165) is 0 Å². The van der Waals surface area contributed by atoms with Gasteiger partial charge in [0.1, 0.15) is 11.7 Å². The molecule has 0 amide bonds. The summed E-state index contributed by atoms with van der Waals surface area (Å²) in [5, 5.41) is 9.26. The zero-order valence-corrected chi connectivity index (χ0v) is 12.9. The van der Waals surface area contributed by atoms with Crippen molar-refractivity contribution in [2.75, 3.05) is 0 Å². The Morgan fingerprint density at radius 2 is 2.05 bits per heavy atom. The standard InChI is InChI=1S/C16H17ClFNO2/c1-8-9(2)21-10(3)14(8)16(20)12(7-19)11-5-4-6-13(17)15(11)18/h4-6,8-10,12,14H,1-3H3. The van der Waals surface area contributed by atoms with Gasteiger partial charge in [0.15, 0.2) is 5.78 Å². The van der Waals surface area contributed by atoms with Crippen molar-refractivity contribution in [1.29, 1.82) is 5.26 Å². The maximum absolute atomic E-state index is 14.1. The van der Waals surface area contributed by atoms with Crippen LogP contribution in [0.3, 0.4) is 0 Å². The number of carbonyl (C=O) groups is 1. The molecule has 5 atom stereocenters. The normalized spacial score (nSPS) is 29.9. The second kappa shape index (κ2) is 6.13. The molecule has 0 aromatic heterocycles. The summed E-state index contributed by atoms with van der Waals surface area (Å²) in [6.45, 7) is 5.63. The number of rotatable bonds is 3. The van der Waals surface area contributed by atoms with Crippen LogP contribution in [0, 0.1) is 29.0 Å². The summed E-state index contributed by atoms with van der Waals surface area (Å²) in [6.07, 6.45) is -0.335. The number of benzene rings is 1. The fraction of sp³-hybridized carbons (Fsp3) is 0.500. The number of ether oxygens (including phenoxy) is 1. The average molecular weight is 310 g/mol. The van der Waals surface area contributed by atoms with Crippen LogP contribution in [0.25, 0.3) is 0 Å². The van der Waals surface area contributed by atoms with Crippen molar-refractivity contribution in [2.45, 2.75) is 38.9 Å². The van der Waals surface area contributed by atoms with E-state index in [0.29, 0.717) is 0 Å². The summed E-state index contributed by atoms with van der Waals surface area (Å²) in [4.78, 5) is 12.7. The molecule has 0 saturated carbocycles. The number of nitrogens with zero attached hydrogens (tertiary/aromatic N) is 1. The molecule has 1 aliphatic heterocycles. The predicted octanol–water partition coefficient (Wildman–Crippen LogP) is 3.71. The van der Waals surface area contributed by atoms with Crippen molar-refractivity contribution < 1.29 is 13.9 Å². The van der Waals surface area contributed by atoms with E-state index < -0.39 is 17.7 Å². The largest absolute Gasteiger partial charge is 0.375 e. The van der Waals surface area contributed by atoms with Gasteiger partial charge in [0.05, 0.1) is 29.2 Å². The van der Waals surface area contributed by atoms with E-state index in [9.17, 15) is 14.4 Å². The van der Waals surface area contributed by atoms with Gasteiger partial charge in [0, 0.05) is 5.56 Å². The Balaban J connectivity index is 2.36. The maximum Gasteiger partial charge on any atom is 0.160 e. The Kier molecular flexibility index (Phi) is 4.65. The number of ketones is 1. The van der Waals surface area contributed by atoms with E-state index in [4.69, 9.17) is 16.3 Å². The quantitative estimate of drug-likeness (QED) is 0.855. The van der Waals surface area contributed by atoms with Gasteiger partial charge in [-0.15, -0.1) is 0 Å². The number of hydrogen-bond donors (Lipinski definition) is 0. The SMILES string of the molecule is CC1OC(C)C(C(=O)C(C#N)c2cccc(Cl)c2F)C1C. The van der Waals surface area contributed by atoms with Gasteiger partial charge in [-0.25, -0.2) is 4.39 Å². The molecule has 0 bridgehead atoms. The van der Waals surface area contributed by atoms with Crippen LogP contribution >= 0.6 is 11.6 Å². The van der Waals surface area contributed by atoms with Crippen LogP contribution in [0.4, 0.5) is 4.39 Å². The minimum atomic E-state index is -1.16. The lowest BCUT2D eigenvalue weighted by atomic mass is 9.79. The van der Waals surface area contributed by atoms with E-state index >= 15 is 0 Å². The summed E-state index contributed by atoms with van der Waals surface area (Å²) in [5.41, 5.74) is 0.0361. The Hall–Kier alpha value is -1.44. The van der Waals surface area contributed by atoms with Crippen LogP contribution in [-0.4, -0.2) is 18.0 Å². The molecular weight excluding hydrogens is 293 g/mol. The predicted molar refractivity (Wildman–Crippen MR) is 77.4 cm³/mol. The smallest absolute Gasteiger partial charge is 0.160 e. The van der Waals surface area contributed by atoms with Crippen molar-refractivity contribution >= 4 is 17.4 Å². The van der Waals surface area contributed by atoms with Gasteiger partial charge in [-0.2, -0.15) is 5.26 Å². The fourth-order valence-electron chi connectivity index (χ4n) is 2.98. The third-order valence-electron chi connectivity index (χ3n) is 4.28. The Morgan fingerprint density at radius 1 is 1.38 bits per heavy atom. The molecule has 1 heterocycles. The molecule has 1 aliphatic rings. The van der Waals surface area contributed by atoms with Gasteiger partial charge in [-0.1, -0.05) is 30.7 Å². The lowest BCUT2D eigenvalue weighted by molar-refractivity contribution is -0.125. The fourth-order valence-corrected chi connectivity index (χ4v) is 3.16. The molecule has 5 unspecified atom stereocenters. The highest BCUT2D eigenvalue weighted by Gasteiger charge is 2.44. The molecule has 5 heteroatoms. The van der Waals surface area contributed by atoms with E-state index in [1.165, 1.54) is 12.1 Å². The van der Waals surface area contributed by atoms with Crippen LogP contribution in [0.5, 0.6) is 0 Å². The molecule has 0 spiro atoms. The maximum atomic E-state index is 14.1. The number of nitriles is 1. The monoisotopic (exact) mass is 309 g/mol. The first-order valence-corrected chi connectivity index (χ1v) is 7.29. The molecule has 112 valence electrons. The third-order valence-corrected chi connectivity index (χ3v) is 4.57. The Morgan fingerprint density at radius 3 is 2.57 bits per heavy atom. The molecule has 21 heavy (non-hydrogen) atoms. The first kappa shape index (κ1) is 15.9. The number of halogens is 2. The summed E-state index contributed by atoms with van der Waals surface area (Å²) in [7, 11) is 0. The molecule has 3 nitrogen and oxygen atoms in total. The van der Waals surface area contributed by atoms with Gasteiger partial charge in [-0.3, -0.25) is 4.79 Å². The molecule has 1 saturated heterocycles. The molecular formula is C16H17ClFNO2. The van der Waals surface area contributed by atoms with Gasteiger partial charge < -0.3 is 4.74 Å². The molecule has 1 aromatic rings. The molecule has 2 rings (SSSR count). The third kappa shape index (κ3) is 2.81. The Labute approximate surface area is 128 Å². The molecule has 0 radical (unpaired) electrons. The van der Waals surface area contributed by atoms with Crippen LogP contribution in [0.2, 0.25) is 5.02 Å². The Bertz CT molecular complexity index is 598. The zero-order valence-electron chi connectivity index (χ0n) is 12.1. The highest BCUT2D eigenvalue weighted by Crippen LogP contribution is 2.37. The summed E-state index contributed by atoms with van der Waals surface area (Å²) >= 11 is 5.74. The van der Waals surface area contributed by atoms with Gasteiger partial charge in [-0.05, 0) is 25.8 Å². The van der Waals surface area contributed by atoms with Crippen LogP contribution in [-0.2, 0) is 9.53 Å². The minimum Gasteiger partial charge on any atom is -0.375 e. The van der Waals surface area contributed by atoms with Gasteiger partial charge in [0.2, 0.25) is 0 Å². The zero-order chi connectivity index (χ0) is 15.7. The molecule has 1 aromatic carbocycles. The second-order valence-electron chi connectivity index (χ2n) is 5.54. The van der Waals surface area contributed by atoms with Crippen LogP contribution in [0.1, 0.15) is 32.3 Å². The molecule has 1 fully saturated rings. The first-order valence-electron chi connectivity index (χ1n) is 6.91.